The molecule has 1 heterocycles. The molecule has 0 spiro atoms. The Morgan fingerprint density at radius 1 is 1.00 bits per heavy atom. The normalized spacial score (nSPS) is 18.4. The van der Waals surface area contributed by atoms with Crippen LogP contribution in [0.3, 0.4) is 0 Å². The minimum absolute atomic E-state index is 0.120. The van der Waals surface area contributed by atoms with Crippen LogP contribution in [0.25, 0.3) is 22.2 Å². The summed E-state index contributed by atoms with van der Waals surface area (Å²) in [5.41, 5.74) is 2.83. The highest BCUT2D eigenvalue weighted by Gasteiger charge is 2.28. The first kappa shape index (κ1) is 21.2. The highest BCUT2D eigenvalue weighted by Crippen LogP contribution is 2.45. The van der Waals surface area contributed by atoms with Gasteiger partial charge >= 0.3 is 0 Å². The second kappa shape index (κ2) is 8.96. The fourth-order valence-electron chi connectivity index (χ4n) is 4.26. The number of hydrogen-bond donors (Lipinski definition) is 2. The molecular weight excluding hydrogens is 405 g/mol. The van der Waals surface area contributed by atoms with Gasteiger partial charge in [-0.05, 0) is 66.6 Å². The molecule has 2 aliphatic carbocycles. The van der Waals surface area contributed by atoms with Gasteiger partial charge in [-0.3, -0.25) is 9.59 Å². The number of amides is 1. The van der Waals surface area contributed by atoms with Crippen molar-refractivity contribution < 1.29 is 22.8 Å². The van der Waals surface area contributed by atoms with Gasteiger partial charge in [-0.1, -0.05) is 6.42 Å². The summed E-state index contributed by atoms with van der Waals surface area (Å²) < 4.78 is 40.8. The van der Waals surface area contributed by atoms with Gasteiger partial charge in [0.15, 0.2) is 0 Å². The van der Waals surface area contributed by atoms with E-state index in [0.717, 1.165) is 48.6 Å². The summed E-state index contributed by atoms with van der Waals surface area (Å²) in [6.45, 7) is 0. The number of H-pyrrole nitrogens is 1. The molecule has 5 rings (SSSR count). The van der Waals surface area contributed by atoms with Crippen molar-refractivity contribution in [2.24, 2.45) is 0 Å². The minimum Gasteiger partial charge on any atom is -0.355 e. The number of halogens is 3. The lowest BCUT2D eigenvalue weighted by Crippen LogP contribution is -2.24. The predicted molar refractivity (Wildman–Crippen MR) is 112 cm³/mol. The van der Waals surface area contributed by atoms with Gasteiger partial charge in [0.1, 0.15) is 23.2 Å². The molecule has 2 aliphatic rings. The number of Topliss-reactive ketones (excluding diaryl/α,β-unsaturated/α-hetero) is 1. The van der Waals surface area contributed by atoms with Crippen LogP contribution in [-0.4, -0.2) is 23.2 Å². The van der Waals surface area contributed by atoms with Crippen LogP contribution in [0.2, 0.25) is 0 Å². The van der Waals surface area contributed by atoms with Crippen LogP contribution in [0.5, 0.6) is 0 Å². The Labute approximate surface area is 177 Å². The fraction of sp³-hybridized carbons (Fsp3) is 0.333. The summed E-state index contributed by atoms with van der Waals surface area (Å²) in [6.07, 6.45) is 5.78. The Morgan fingerprint density at radius 3 is 2.32 bits per heavy atom. The molecule has 1 unspecified atom stereocenters. The van der Waals surface area contributed by atoms with E-state index in [0.29, 0.717) is 36.1 Å². The van der Waals surface area contributed by atoms with Crippen molar-refractivity contribution in [1.29, 1.82) is 0 Å². The highest BCUT2D eigenvalue weighted by atomic mass is 19.1. The second-order valence-electron chi connectivity index (χ2n) is 8.12. The van der Waals surface area contributed by atoms with Crippen molar-refractivity contribution in [3.05, 3.63) is 59.4 Å². The van der Waals surface area contributed by atoms with Crippen LogP contribution in [0.1, 0.15) is 50.0 Å². The largest absolute Gasteiger partial charge is 0.355 e. The zero-order valence-corrected chi connectivity index (χ0v) is 16.9. The molecule has 31 heavy (non-hydrogen) atoms. The number of aromatic nitrogens is 1. The molecule has 2 aromatic carbocycles. The number of fused-ring (bicyclic) bond motifs is 1. The van der Waals surface area contributed by atoms with Crippen LogP contribution in [0, 0.1) is 17.5 Å². The average molecular weight is 428 g/mol. The van der Waals surface area contributed by atoms with E-state index in [-0.39, 0.29) is 17.6 Å². The molecule has 1 amide bonds. The maximum Gasteiger partial charge on any atom is 0.207 e. The van der Waals surface area contributed by atoms with Crippen molar-refractivity contribution in [3.8, 4) is 11.3 Å². The number of hydrogen-bond acceptors (Lipinski definition) is 2. The smallest absolute Gasteiger partial charge is 0.207 e. The fourth-order valence-corrected chi connectivity index (χ4v) is 4.26. The number of aromatic amines is 1. The van der Waals surface area contributed by atoms with E-state index in [9.17, 15) is 22.8 Å². The van der Waals surface area contributed by atoms with Gasteiger partial charge in [0.25, 0.3) is 0 Å². The molecule has 1 aromatic heterocycles. The van der Waals surface area contributed by atoms with E-state index in [1.54, 1.807) is 12.1 Å². The van der Waals surface area contributed by atoms with Gasteiger partial charge in [-0.2, -0.15) is 0 Å². The van der Waals surface area contributed by atoms with Crippen LogP contribution in [0.15, 0.2) is 36.4 Å². The van der Waals surface area contributed by atoms with Crippen LogP contribution in [-0.2, 0) is 9.59 Å². The highest BCUT2D eigenvalue weighted by molar-refractivity contribution is 5.92. The Balaban J connectivity index is 0.000000217. The summed E-state index contributed by atoms with van der Waals surface area (Å²) >= 11 is 0. The lowest BCUT2D eigenvalue weighted by Gasteiger charge is -2.26. The van der Waals surface area contributed by atoms with E-state index < -0.39 is 11.6 Å². The zero-order valence-electron chi connectivity index (χ0n) is 16.9. The molecular formula is C24H23F3N2O2. The van der Waals surface area contributed by atoms with E-state index >= 15 is 0 Å². The van der Waals surface area contributed by atoms with E-state index in [1.807, 2.05) is 0 Å². The first-order valence-corrected chi connectivity index (χ1v) is 10.4. The van der Waals surface area contributed by atoms with Gasteiger partial charge in [-0.15, -0.1) is 0 Å². The first-order chi connectivity index (χ1) is 15.0. The van der Waals surface area contributed by atoms with Gasteiger partial charge in [0.05, 0.1) is 11.2 Å². The molecule has 162 valence electrons. The molecule has 2 saturated carbocycles. The minimum atomic E-state index is -0.594. The van der Waals surface area contributed by atoms with Crippen molar-refractivity contribution in [2.75, 3.05) is 0 Å². The summed E-state index contributed by atoms with van der Waals surface area (Å²) in [5.74, 6) is -0.925. The van der Waals surface area contributed by atoms with Crippen molar-refractivity contribution in [1.82, 2.24) is 10.3 Å². The molecule has 0 aliphatic heterocycles. The van der Waals surface area contributed by atoms with E-state index in [1.165, 1.54) is 18.2 Å². The Hall–Kier alpha value is -3.09. The number of nitrogens with one attached hydrogen (secondary N) is 2. The van der Waals surface area contributed by atoms with Crippen LogP contribution < -0.4 is 5.32 Å². The molecule has 2 fully saturated rings. The number of carbonyl (C=O) groups is 2. The molecule has 4 nitrogen and oxygen atoms in total. The maximum absolute atomic E-state index is 14.1. The summed E-state index contributed by atoms with van der Waals surface area (Å²) in [5, 5.41) is 3.17. The standard InChI is InChI=1S/C18H14F3N.C6H9NO2/c19-12-6-4-11(5-7-12)17-16(10-2-1-3-10)14-8-13(20)9-15(21)18(14)22-17;8-4-7-5-1-2-6(9)3-5/h4-10,22H,1-3H2;4-5H,1-3H2,(H,7,8). The van der Waals surface area contributed by atoms with Gasteiger partial charge in [0, 0.05) is 30.3 Å². The van der Waals surface area contributed by atoms with Crippen molar-refractivity contribution in [3.63, 3.8) is 0 Å². The third-order valence-corrected chi connectivity index (χ3v) is 6.06. The third kappa shape index (κ3) is 4.50. The Kier molecular flexibility index (Phi) is 6.11. The van der Waals surface area contributed by atoms with Crippen molar-refractivity contribution >= 4 is 23.1 Å². The molecule has 0 radical (unpaired) electrons. The Bertz CT molecular complexity index is 1100. The summed E-state index contributed by atoms with van der Waals surface area (Å²) in [4.78, 5) is 23.5. The molecule has 0 bridgehead atoms. The SMILES string of the molecule is Fc1ccc(-c2[nH]c3c(F)cc(F)cc3c2C2CCC2)cc1.O=CNC1CCC(=O)C1. The number of carbonyl (C=O) groups excluding carboxylic acids is 2. The lowest BCUT2D eigenvalue weighted by atomic mass is 9.78. The molecule has 1 atom stereocenters. The quantitative estimate of drug-likeness (QED) is 0.549. The van der Waals surface area contributed by atoms with Gasteiger partial charge in [0.2, 0.25) is 6.41 Å². The topological polar surface area (TPSA) is 62.0 Å². The summed E-state index contributed by atoms with van der Waals surface area (Å²) in [7, 11) is 0. The maximum atomic E-state index is 14.1. The van der Waals surface area contributed by atoms with Crippen LogP contribution in [0.4, 0.5) is 13.2 Å². The molecule has 3 aromatic rings. The van der Waals surface area contributed by atoms with Gasteiger partial charge in [-0.25, -0.2) is 13.2 Å². The lowest BCUT2D eigenvalue weighted by molar-refractivity contribution is -0.117. The first-order valence-electron chi connectivity index (χ1n) is 10.4. The molecule has 0 saturated heterocycles. The van der Waals surface area contributed by atoms with Crippen molar-refractivity contribution in [2.45, 2.75) is 50.5 Å². The number of benzene rings is 2. The number of ketones is 1. The molecule has 7 heteroatoms. The zero-order chi connectivity index (χ0) is 22.0. The van der Waals surface area contributed by atoms with E-state index in [4.69, 9.17) is 0 Å². The summed E-state index contributed by atoms with van der Waals surface area (Å²) in [6, 6.07) is 8.47. The second-order valence-corrected chi connectivity index (χ2v) is 8.12. The third-order valence-electron chi connectivity index (χ3n) is 6.06. The van der Waals surface area contributed by atoms with Gasteiger partial charge < -0.3 is 10.3 Å². The average Bonchev–Trinajstić information content (AvgIpc) is 3.26. The van der Waals surface area contributed by atoms with Crippen LogP contribution >= 0.6 is 0 Å². The van der Waals surface area contributed by atoms with E-state index in [2.05, 4.69) is 10.3 Å². The predicted octanol–water partition coefficient (Wildman–Crippen LogP) is 5.37. The monoisotopic (exact) mass is 428 g/mol. The Morgan fingerprint density at radius 2 is 1.74 bits per heavy atom. The number of rotatable bonds is 4. The molecule has 2 N–H and O–H groups in total.